The summed E-state index contributed by atoms with van der Waals surface area (Å²) >= 11 is 0. The fourth-order valence-corrected chi connectivity index (χ4v) is 1.85. The van der Waals surface area contributed by atoms with Crippen molar-refractivity contribution in [3.05, 3.63) is 78.2 Å². The second-order valence-electron chi connectivity index (χ2n) is 3.98. The fraction of sp³-hybridized carbons (Fsp3) is 0.300. The van der Waals surface area contributed by atoms with Crippen molar-refractivity contribution in [2.75, 3.05) is 0 Å². The maximum Gasteiger partial charge on any atom is 1.00 e. The van der Waals surface area contributed by atoms with E-state index in [0.717, 1.165) is 11.1 Å². The van der Waals surface area contributed by atoms with Crippen LogP contribution in [0.2, 0.25) is 0 Å². The molecule has 0 aliphatic heterocycles. The van der Waals surface area contributed by atoms with Crippen molar-refractivity contribution < 1.29 is 58.2 Å². The Balaban J connectivity index is 0. The molecule has 2 rings (SSSR count). The number of rotatable bonds is 2. The van der Waals surface area contributed by atoms with Crippen LogP contribution in [0.25, 0.3) is 0 Å². The van der Waals surface area contributed by atoms with Crippen molar-refractivity contribution in [3.63, 3.8) is 0 Å². The first kappa shape index (κ1) is 23.1. The minimum atomic E-state index is -0.456. The Morgan fingerprint density at radius 2 is 1.00 bits per heavy atom. The van der Waals surface area contributed by atoms with Gasteiger partial charge in [-0.1, -0.05) is 88.4 Å². The van der Waals surface area contributed by atoms with Gasteiger partial charge in [-0.05, 0) is 18.1 Å². The summed E-state index contributed by atoms with van der Waals surface area (Å²) in [6.45, 7) is 10.0. The van der Waals surface area contributed by atoms with Gasteiger partial charge in [0.25, 0.3) is 0 Å². The third-order valence-corrected chi connectivity index (χ3v) is 2.95. The predicted octanol–water partition coefficient (Wildman–Crippen LogP) is 2.64. The monoisotopic (exact) mass is 350 g/mol. The Bertz CT molecular complexity index is 455. The van der Waals surface area contributed by atoms with E-state index in [1.54, 1.807) is 0 Å². The smallest absolute Gasteiger partial charge is 0.692 e. The molecule has 0 aliphatic carbocycles. The SMILES string of the molecule is CC.CC.[C-]#CC(C)(c1ccccc1)c1ccccc1.[Rb+]. The predicted molar refractivity (Wildman–Crippen MR) is 89.2 cm³/mol. The van der Waals surface area contributed by atoms with Crippen LogP contribution in [0.15, 0.2) is 60.7 Å². The van der Waals surface area contributed by atoms with Crippen molar-refractivity contribution in [3.8, 4) is 5.92 Å². The van der Waals surface area contributed by atoms with Crippen LogP contribution in [-0.4, -0.2) is 0 Å². The summed E-state index contributed by atoms with van der Waals surface area (Å²) in [7, 11) is 0. The molecule has 0 heterocycles. The molecule has 0 saturated heterocycles. The zero-order valence-electron chi connectivity index (χ0n) is 14.3. The third-order valence-electron chi connectivity index (χ3n) is 2.95. The maximum absolute atomic E-state index is 7.58. The van der Waals surface area contributed by atoms with Crippen LogP contribution >= 0.6 is 0 Å². The Hall–Kier alpha value is -0.195. The zero-order chi connectivity index (χ0) is 15.4. The molecule has 0 saturated carbocycles. The summed E-state index contributed by atoms with van der Waals surface area (Å²) < 4.78 is 0. The van der Waals surface area contributed by atoms with Crippen molar-refractivity contribution in [2.24, 2.45) is 0 Å². The largest absolute Gasteiger partial charge is 1.00 e. The van der Waals surface area contributed by atoms with Crippen molar-refractivity contribution in [1.29, 1.82) is 0 Å². The Labute approximate surface area is 180 Å². The number of hydrogen-bond donors (Lipinski definition) is 0. The van der Waals surface area contributed by atoms with E-state index < -0.39 is 5.41 Å². The Kier molecular flexibility index (Phi) is 14.8. The first-order valence-corrected chi connectivity index (χ1v) is 7.32. The van der Waals surface area contributed by atoms with Crippen LogP contribution in [0.4, 0.5) is 0 Å². The summed E-state index contributed by atoms with van der Waals surface area (Å²) in [6, 6.07) is 20.1. The molecular formula is C20H25Rb. The molecule has 0 aromatic heterocycles. The normalized spacial score (nSPS) is 8.76. The summed E-state index contributed by atoms with van der Waals surface area (Å²) in [4.78, 5) is 0. The van der Waals surface area contributed by atoms with Crippen LogP contribution < -0.4 is 58.2 Å². The van der Waals surface area contributed by atoms with Crippen LogP contribution in [0.1, 0.15) is 45.7 Å². The fourth-order valence-electron chi connectivity index (χ4n) is 1.85. The van der Waals surface area contributed by atoms with Gasteiger partial charge in [0.1, 0.15) is 0 Å². The molecule has 2 aromatic carbocycles. The molecule has 0 bridgehead atoms. The third kappa shape index (κ3) is 6.62. The van der Waals surface area contributed by atoms with Crippen LogP contribution in [0.3, 0.4) is 0 Å². The van der Waals surface area contributed by atoms with Crippen molar-refractivity contribution in [2.45, 2.75) is 40.0 Å². The molecule has 0 atom stereocenters. The van der Waals surface area contributed by atoms with Gasteiger partial charge < -0.3 is 12.3 Å². The van der Waals surface area contributed by atoms with Gasteiger partial charge in [-0.15, -0.1) is 0 Å². The summed E-state index contributed by atoms with van der Waals surface area (Å²) in [5.41, 5.74) is 1.73. The minimum Gasteiger partial charge on any atom is -0.692 e. The molecule has 2 aromatic rings. The van der Waals surface area contributed by atoms with E-state index >= 15 is 0 Å². The minimum absolute atomic E-state index is 0. The molecule has 0 nitrogen and oxygen atoms in total. The second kappa shape index (κ2) is 13.5. The summed E-state index contributed by atoms with van der Waals surface area (Å²) in [6.07, 6.45) is 7.58. The quantitative estimate of drug-likeness (QED) is 0.577. The molecular weight excluding hydrogens is 326 g/mol. The molecule has 106 valence electrons. The molecule has 0 unspecified atom stereocenters. The number of benzene rings is 2. The summed E-state index contributed by atoms with van der Waals surface area (Å²) in [5.74, 6) is 2.66. The molecule has 1 heteroatoms. The van der Waals surface area contributed by atoms with Gasteiger partial charge in [-0.25, -0.2) is 0 Å². The molecule has 0 amide bonds. The average Bonchev–Trinajstić information content (AvgIpc) is 2.59. The van der Waals surface area contributed by atoms with Crippen LogP contribution in [0, 0.1) is 12.3 Å². The molecule has 0 radical (unpaired) electrons. The first-order valence-electron chi connectivity index (χ1n) is 7.32. The van der Waals surface area contributed by atoms with E-state index in [2.05, 4.69) is 5.92 Å². The molecule has 0 spiro atoms. The standard InChI is InChI=1S/C16H13.2C2H6.Rb/c1-3-16(2,14-10-6-4-7-11-14)15-12-8-5-9-13-15;2*1-2;/h4-13H,2H3;2*1-2H3;/q-1;;;+1. The topological polar surface area (TPSA) is 0 Å². The van der Waals surface area contributed by atoms with E-state index in [9.17, 15) is 0 Å². The van der Waals surface area contributed by atoms with Gasteiger partial charge in [-0.2, -0.15) is 0 Å². The maximum atomic E-state index is 7.58. The van der Waals surface area contributed by atoms with Gasteiger partial charge in [0.2, 0.25) is 0 Å². The van der Waals surface area contributed by atoms with Gasteiger partial charge in [0.05, 0.1) is 0 Å². The van der Waals surface area contributed by atoms with Gasteiger partial charge >= 0.3 is 58.2 Å². The van der Waals surface area contributed by atoms with E-state index in [0.29, 0.717) is 0 Å². The van der Waals surface area contributed by atoms with Gasteiger partial charge in [-0.3, -0.25) is 0 Å². The van der Waals surface area contributed by atoms with Crippen LogP contribution in [-0.2, 0) is 5.41 Å². The zero-order valence-corrected chi connectivity index (χ0v) is 19.2. The average molecular weight is 351 g/mol. The van der Waals surface area contributed by atoms with Crippen LogP contribution in [0.5, 0.6) is 0 Å². The van der Waals surface area contributed by atoms with Gasteiger partial charge in [0, 0.05) is 5.41 Å². The van der Waals surface area contributed by atoms with E-state index in [1.165, 1.54) is 0 Å². The Morgan fingerprint density at radius 1 is 0.714 bits per heavy atom. The first-order chi connectivity index (χ1) is 9.77. The van der Waals surface area contributed by atoms with E-state index in [4.69, 9.17) is 6.42 Å². The van der Waals surface area contributed by atoms with E-state index in [-0.39, 0.29) is 58.2 Å². The second-order valence-corrected chi connectivity index (χ2v) is 3.98. The van der Waals surface area contributed by atoms with E-state index in [1.807, 2.05) is 95.3 Å². The summed E-state index contributed by atoms with van der Waals surface area (Å²) in [5, 5.41) is 0. The van der Waals surface area contributed by atoms with Gasteiger partial charge in [0.15, 0.2) is 0 Å². The molecule has 0 aliphatic rings. The van der Waals surface area contributed by atoms with Crippen molar-refractivity contribution in [1.82, 2.24) is 0 Å². The molecule has 21 heavy (non-hydrogen) atoms. The number of hydrogen-bond acceptors (Lipinski definition) is 0. The molecule has 0 N–H and O–H groups in total. The Morgan fingerprint density at radius 3 is 1.24 bits per heavy atom. The molecule has 0 fully saturated rings. The van der Waals surface area contributed by atoms with Crippen molar-refractivity contribution >= 4 is 0 Å².